The molecule has 0 bridgehead atoms. The van der Waals surface area contributed by atoms with Gasteiger partial charge in [-0.25, -0.2) is 0 Å². The first-order valence-corrected chi connectivity index (χ1v) is 5.64. The molecule has 0 aliphatic carbocycles. The SMILES string of the molecule is [O-][S+](C(Cl)CCl)C(Cl)CCl. The molecule has 10 heavy (non-hydrogen) atoms. The monoisotopic (exact) mass is 242 g/mol. The zero-order chi connectivity index (χ0) is 8.15. The highest BCUT2D eigenvalue weighted by Gasteiger charge is 2.26. The van der Waals surface area contributed by atoms with Gasteiger partial charge in [0, 0.05) is 0 Å². The molecule has 0 aliphatic rings. The summed E-state index contributed by atoms with van der Waals surface area (Å²) in [4.78, 5) is 0. The van der Waals surface area contributed by atoms with Crippen LogP contribution in [0, 0.1) is 0 Å². The van der Waals surface area contributed by atoms with Gasteiger partial charge in [-0.05, 0) is 11.2 Å². The van der Waals surface area contributed by atoms with Crippen LogP contribution in [-0.4, -0.2) is 25.7 Å². The third kappa shape index (κ3) is 3.74. The molecule has 0 N–H and O–H groups in total. The molecule has 0 amide bonds. The van der Waals surface area contributed by atoms with Crippen molar-refractivity contribution in [3.8, 4) is 0 Å². The van der Waals surface area contributed by atoms with E-state index in [9.17, 15) is 4.55 Å². The van der Waals surface area contributed by atoms with Gasteiger partial charge in [-0.2, -0.15) is 0 Å². The van der Waals surface area contributed by atoms with Crippen molar-refractivity contribution < 1.29 is 4.55 Å². The molecule has 0 radical (unpaired) electrons. The second-order valence-corrected chi connectivity index (χ2v) is 5.44. The van der Waals surface area contributed by atoms with Crippen LogP contribution in [0.4, 0.5) is 0 Å². The molecule has 6 heteroatoms. The maximum absolute atomic E-state index is 11.0. The summed E-state index contributed by atoms with van der Waals surface area (Å²) in [5, 5.41) is 0. The van der Waals surface area contributed by atoms with Crippen LogP contribution in [-0.2, 0) is 11.2 Å². The lowest BCUT2D eigenvalue weighted by Gasteiger charge is -2.16. The van der Waals surface area contributed by atoms with Crippen LogP contribution < -0.4 is 0 Å². The maximum Gasteiger partial charge on any atom is 0.203 e. The Kier molecular flexibility index (Phi) is 6.93. The van der Waals surface area contributed by atoms with Crippen LogP contribution in [0.5, 0.6) is 0 Å². The number of rotatable bonds is 4. The molecule has 0 fully saturated rings. The maximum atomic E-state index is 11.0. The second kappa shape index (κ2) is 6.04. The van der Waals surface area contributed by atoms with Crippen molar-refractivity contribution in [3.05, 3.63) is 0 Å². The lowest BCUT2D eigenvalue weighted by Crippen LogP contribution is -2.27. The van der Waals surface area contributed by atoms with Crippen LogP contribution in [0.2, 0.25) is 0 Å². The van der Waals surface area contributed by atoms with Crippen LogP contribution in [0.15, 0.2) is 0 Å². The summed E-state index contributed by atoms with van der Waals surface area (Å²) in [5.74, 6) is 0.239. The molecule has 2 atom stereocenters. The Morgan fingerprint density at radius 2 is 1.40 bits per heavy atom. The summed E-state index contributed by atoms with van der Waals surface area (Å²) in [6.07, 6.45) is 0. The van der Waals surface area contributed by atoms with Crippen molar-refractivity contribution in [2.24, 2.45) is 0 Å². The molecule has 0 saturated carbocycles. The molecule has 0 saturated heterocycles. The minimum Gasteiger partial charge on any atom is -0.614 e. The smallest absolute Gasteiger partial charge is 0.203 e. The molecule has 62 valence electrons. The standard InChI is InChI=1S/C4H6Cl4OS/c5-1-3(7)10(9)4(8)2-6/h3-4H,1-2H2. The van der Waals surface area contributed by atoms with Crippen LogP contribution in [0.1, 0.15) is 0 Å². The van der Waals surface area contributed by atoms with Gasteiger partial charge in [0.2, 0.25) is 9.42 Å². The van der Waals surface area contributed by atoms with Crippen molar-refractivity contribution in [2.45, 2.75) is 9.42 Å². The van der Waals surface area contributed by atoms with Gasteiger partial charge in [0.25, 0.3) is 0 Å². The predicted octanol–water partition coefficient (Wildman–Crippen LogP) is 2.34. The predicted molar refractivity (Wildman–Crippen MR) is 48.9 cm³/mol. The highest BCUT2D eigenvalue weighted by molar-refractivity contribution is 7.95. The topological polar surface area (TPSA) is 23.1 Å². The number of hydrogen-bond acceptors (Lipinski definition) is 1. The molecule has 0 heterocycles. The van der Waals surface area contributed by atoms with E-state index in [4.69, 9.17) is 46.4 Å². The Bertz CT molecular complexity index is 83.3. The summed E-state index contributed by atoms with van der Waals surface area (Å²) in [5.41, 5.74) is 0. The van der Waals surface area contributed by atoms with E-state index in [2.05, 4.69) is 0 Å². The molecule has 0 aromatic rings. The minimum absolute atomic E-state index is 0.119. The first-order valence-electron chi connectivity index (χ1n) is 2.43. The van der Waals surface area contributed by atoms with E-state index in [0.717, 1.165) is 0 Å². The van der Waals surface area contributed by atoms with Gasteiger partial charge in [-0.1, -0.05) is 23.2 Å². The van der Waals surface area contributed by atoms with Gasteiger partial charge in [0.15, 0.2) is 0 Å². The molecular weight excluding hydrogens is 238 g/mol. The molecule has 0 aromatic carbocycles. The number of halogens is 4. The minimum atomic E-state index is -1.34. The highest BCUT2D eigenvalue weighted by Crippen LogP contribution is 2.18. The van der Waals surface area contributed by atoms with E-state index in [1.807, 2.05) is 0 Å². The van der Waals surface area contributed by atoms with E-state index in [1.165, 1.54) is 0 Å². The Hall–Kier alpha value is 1.47. The summed E-state index contributed by atoms with van der Waals surface area (Å²) in [7, 11) is 0. The quantitative estimate of drug-likeness (QED) is 0.549. The van der Waals surface area contributed by atoms with Crippen LogP contribution >= 0.6 is 46.4 Å². The van der Waals surface area contributed by atoms with E-state index in [-0.39, 0.29) is 11.8 Å². The van der Waals surface area contributed by atoms with Gasteiger partial charge in [0.05, 0.1) is 11.8 Å². The first-order chi connectivity index (χ1) is 4.63. The fraction of sp³-hybridized carbons (Fsp3) is 1.00. The first kappa shape index (κ1) is 11.5. The fourth-order valence-corrected chi connectivity index (χ4v) is 2.50. The van der Waals surface area contributed by atoms with Gasteiger partial charge in [0.1, 0.15) is 0 Å². The van der Waals surface area contributed by atoms with Crippen molar-refractivity contribution in [3.63, 3.8) is 0 Å². The average Bonchev–Trinajstić information content (AvgIpc) is 2.00. The Morgan fingerprint density at radius 3 is 1.60 bits per heavy atom. The lowest BCUT2D eigenvalue weighted by atomic mass is 10.9. The van der Waals surface area contributed by atoms with Crippen LogP contribution in [0.3, 0.4) is 0 Å². The lowest BCUT2D eigenvalue weighted by molar-refractivity contribution is 0.592. The molecule has 0 aromatic heterocycles. The molecule has 0 rings (SSSR count). The average molecular weight is 244 g/mol. The number of hydrogen-bond donors (Lipinski definition) is 0. The third-order valence-electron chi connectivity index (χ3n) is 0.747. The number of alkyl halides is 4. The van der Waals surface area contributed by atoms with Gasteiger partial charge in [-0.3, -0.25) is 0 Å². The summed E-state index contributed by atoms with van der Waals surface area (Å²) in [6, 6.07) is 0. The molecular formula is C4H6Cl4OS. The van der Waals surface area contributed by atoms with Crippen molar-refractivity contribution >= 4 is 57.6 Å². The summed E-state index contributed by atoms with van der Waals surface area (Å²) >= 11 is 20.3. The molecule has 0 aliphatic heterocycles. The van der Waals surface area contributed by atoms with E-state index >= 15 is 0 Å². The summed E-state index contributed by atoms with van der Waals surface area (Å²) < 4.78 is 9.77. The van der Waals surface area contributed by atoms with E-state index in [1.54, 1.807) is 0 Å². The third-order valence-corrected chi connectivity index (χ3v) is 4.75. The Balaban J connectivity index is 3.69. The Morgan fingerprint density at radius 1 is 1.10 bits per heavy atom. The van der Waals surface area contributed by atoms with Crippen LogP contribution in [0.25, 0.3) is 0 Å². The fourth-order valence-electron chi connectivity index (χ4n) is 0.284. The molecule has 2 unspecified atom stereocenters. The van der Waals surface area contributed by atoms with E-state index < -0.39 is 20.6 Å². The summed E-state index contributed by atoms with van der Waals surface area (Å²) in [6.45, 7) is 0. The Labute approximate surface area is 83.1 Å². The highest BCUT2D eigenvalue weighted by atomic mass is 35.5. The zero-order valence-corrected chi connectivity index (χ0v) is 8.74. The van der Waals surface area contributed by atoms with Gasteiger partial charge >= 0.3 is 0 Å². The van der Waals surface area contributed by atoms with Crippen molar-refractivity contribution in [1.82, 2.24) is 0 Å². The van der Waals surface area contributed by atoms with Gasteiger partial charge in [-0.15, -0.1) is 23.2 Å². The largest absolute Gasteiger partial charge is 0.614 e. The molecule has 0 spiro atoms. The van der Waals surface area contributed by atoms with Crippen molar-refractivity contribution in [2.75, 3.05) is 11.8 Å². The second-order valence-electron chi connectivity index (χ2n) is 1.46. The normalized spacial score (nSPS) is 20.1. The molecule has 1 nitrogen and oxygen atoms in total. The zero-order valence-electron chi connectivity index (χ0n) is 4.90. The van der Waals surface area contributed by atoms with Crippen molar-refractivity contribution in [1.29, 1.82) is 0 Å². The van der Waals surface area contributed by atoms with E-state index in [0.29, 0.717) is 0 Å². The van der Waals surface area contributed by atoms with Gasteiger partial charge < -0.3 is 4.55 Å².